The van der Waals surface area contributed by atoms with Gasteiger partial charge in [0.05, 0.1) is 11.0 Å². The Labute approximate surface area is 199 Å². The molecule has 3 N–H and O–H groups in total. The van der Waals surface area contributed by atoms with E-state index in [0.29, 0.717) is 0 Å². The number of hydrogen-bond acceptors (Lipinski definition) is 8. The molecule has 1 heterocycles. The van der Waals surface area contributed by atoms with Crippen molar-refractivity contribution in [3.8, 4) is 11.1 Å². The summed E-state index contributed by atoms with van der Waals surface area (Å²) in [6, 6.07) is 12.7. The number of thiazole rings is 1. The van der Waals surface area contributed by atoms with Gasteiger partial charge in [-0.15, -0.1) is 23.1 Å². The molecule has 11 heteroatoms. The molecule has 0 aliphatic rings. The van der Waals surface area contributed by atoms with Gasteiger partial charge in [0.25, 0.3) is 0 Å². The van der Waals surface area contributed by atoms with Gasteiger partial charge in [0.15, 0.2) is 0 Å². The predicted molar refractivity (Wildman–Crippen MR) is 129 cm³/mol. The molecule has 0 fully saturated rings. The van der Waals surface area contributed by atoms with E-state index in [4.69, 9.17) is 0 Å². The van der Waals surface area contributed by atoms with Gasteiger partial charge in [0, 0.05) is 28.6 Å². The largest absolute Gasteiger partial charge is 0.480 e. The minimum atomic E-state index is -4.08. The second-order valence-electron chi connectivity index (χ2n) is 6.76. The molecule has 2 aromatic carbocycles. The number of rotatable bonds is 11. The smallest absolute Gasteiger partial charge is 0.321 e. The summed E-state index contributed by atoms with van der Waals surface area (Å²) in [5.41, 5.74) is 1.80. The molecule has 0 bridgehead atoms. The van der Waals surface area contributed by atoms with E-state index in [9.17, 15) is 23.4 Å². The lowest BCUT2D eigenvalue weighted by atomic mass is 10.1. The predicted octanol–water partition coefficient (Wildman–Crippen LogP) is 3.81. The van der Waals surface area contributed by atoms with Gasteiger partial charge in [-0.3, -0.25) is 4.79 Å². The number of nitrogens with zero attached hydrogens (tertiary/aromatic N) is 1. The quantitative estimate of drug-likeness (QED) is 0.334. The van der Waals surface area contributed by atoms with Crippen molar-refractivity contribution in [1.82, 2.24) is 9.71 Å². The fourth-order valence-corrected chi connectivity index (χ4v) is 6.07. The molecule has 170 valence electrons. The van der Waals surface area contributed by atoms with Crippen molar-refractivity contribution in [2.75, 3.05) is 12.0 Å². The molecule has 1 aromatic heterocycles. The van der Waals surface area contributed by atoms with Gasteiger partial charge in [-0.05, 0) is 41.6 Å². The molecule has 2 atom stereocenters. The number of nitrogens with one attached hydrogen (secondary N) is 1. The van der Waals surface area contributed by atoms with Crippen LogP contribution in [-0.4, -0.2) is 53.7 Å². The SMILES string of the molecule is CSc1ccc(-c2ccc(S(=O)(=O)NC(CC(O)CSc3nccs3)C(=O)O)cc2)cc1. The number of carboxylic acid groups (broad SMARTS) is 1. The summed E-state index contributed by atoms with van der Waals surface area (Å²) in [7, 11) is -4.08. The Kier molecular flexibility index (Phi) is 8.74. The van der Waals surface area contributed by atoms with Gasteiger partial charge in [-0.1, -0.05) is 36.0 Å². The van der Waals surface area contributed by atoms with E-state index < -0.39 is 28.1 Å². The number of aliphatic carboxylic acids is 1. The van der Waals surface area contributed by atoms with Crippen molar-refractivity contribution < 1.29 is 23.4 Å². The summed E-state index contributed by atoms with van der Waals surface area (Å²) in [6.07, 6.45) is 2.36. The van der Waals surface area contributed by atoms with Crippen LogP contribution in [0.25, 0.3) is 11.1 Å². The molecule has 3 aromatic rings. The normalized spacial score (nSPS) is 13.6. The van der Waals surface area contributed by atoms with Crippen molar-refractivity contribution >= 4 is 50.9 Å². The first-order chi connectivity index (χ1) is 15.3. The number of aromatic nitrogens is 1. The zero-order valence-corrected chi connectivity index (χ0v) is 20.3. The minimum absolute atomic E-state index is 0.0418. The number of aliphatic hydroxyl groups is 1. The molecule has 2 unspecified atom stereocenters. The minimum Gasteiger partial charge on any atom is -0.480 e. The van der Waals surface area contributed by atoms with Crippen LogP contribution in [0.5, 0.6) is 0 Å². The Bertz CT molecular complexity index is 1120. The third kappa shape index (κ3) is 6.80. The Balaban J connectivity index is 1.65. The molecule has 0 spiro atoms. The van der Waals surface area contributed by atoms with Crippen LogP contribution in [0.2, 0.25) is 0 Å². The third-order valence-corrected chi connectivity index (χ3v) is 8.84. The fraction of sp³-hybridized carbons (Fsp3) is 0.238. The van der Waals surface area contributed by atoms with Crippen molar-refractivity contribution in [2.45, 2.75) is 32.7 Å². The van der Waals surface area contributed by atoms with Crippen LogP contribution in [0.4, 0.5) is 0 Å². The van der Waals surface area contributed by atoms with Crippen LogP contribution in [0.1, 0.15) is 6.42 Å². The molecular formula is C21H22N2O5S4. The van der Waals surface area contributed by atoms with Gasteiger partial charge >= 0.3 is 5.97 Å². The van der Waals surface area contributed by atoms with Crippen LogP contribution in [0.15, 0.2) is 74.2 Å². The Morgan fingerprint density at radius 2 is 1.75 bits per heavy atom. The molecule has 0 radical (unpaired) electrons. The van der Waals surface area contributed by atoms with Crippen LogP contribution >= 0.6 is 34.9 Å². The molecule has 32 heavy (non-hydrogen) atoms. The lowest BCUT2D eigenvalue weighted by molar-refractivity contribution is -0.139. The maximum absolute atomic E-state index is 12.7. The van der Waals surface area contributed by atoms with E-state index in [1.807, 2.05) is 30.5 Å². The van der Waals surface area contributed by atoms with E-state index in [0.717, 1.165) is 20.4 Å². The Morgan fingerprint density at radius 1 is 1.12 bits per heavy atom. The summed E-state index contributed by atoms with van der Waals surface area (Å²) in [4.78, 5) is 16.8. The van der Waals surface area contributed by atoms with Crippen LogP contribution in [0.3, 0.4) is 0 Å². The zero-order valence-electron chi connectivity index (χ0n) is 17.0. The van der Waals surface area contributed by atoms with Gasteiger partial charge < -0.3 is 10.2 Å². The van der Waals surface area contributed by atoms with E-state index in [-0.39, 0.29) is 17.1 Å². The standard InChI is InChI=1S/C21H22N2O5S4/c1-29-17-6-2-14(3-7-17)15-4-8-18(9-5-15)32(27,28)23-19(20(25)26)12-16(24)13-31-21-22-10-11-30-21/h2-11,16,19,23-24H,12-13H2,1H3,(H,25,26). The van der Waals surface area contributed by atoms with Gasteiger partial charge in [0.1, 0.15) is 10.4 Å². The number of hydrogen-bond donors (Lipinski definition) is 3. The van der Waals surface area contributed by atoms with Crippen molar-refractivity contribution in [1.29, 1.82) is 0 Å². The van der Waals surface area contributed by atoms with Gasteiger partial charge in [-0.2, -0.15) is 4.72 Å². The molecule has 3 rings (SSSR count). The highest BCUT2D eigenvalue weighted by atomic mass is 32.2. The fourth-order valence-electron chi connectivity index (χ4n) is 2.85. The van der Waals surface area contributed by atoms with Gasteiger partial charge in [-0.25, -0.2) is 13.4 Å². The zero-order chi connectivity index (χ0) is 23.1. The molecule has 0 aliphatic heterocycles. The lowest BCUT2D eigenvalue weighted by Crippen LogP contribution is -2.43. The average molecular weight is 511 g/mol. The number of sulfonamides is 1. The van der Waals surface area contributed by atoms with Gasteiger partial charge in [0.2, 0.25) is 10.0 Å². The second kappa shape index (κ2) is 11.3. The molecule has 0 amide bonds. The highest BCUT2D eigenvalue weighted by Gasteiger charge is 2.28. The van der Waals surface area contributed by atoms with Crippen molar-refractivity contribution in [2.24, 2.45) is 0 Å². The number of thioether (sulfide) groups is 2. The second-order valence-corrected chi connectivity index (χ2v) is 11.5. The first-order valence-electron chi connectivity index (χ1n) is 9.48. The van der Waals surface area contributed by atoms with E-state index in [1.54, 1.807) is 35.5 Å². The van der Waals surface area contributed by atoms with Crippen LogP contribution < -0.4 is 4.72 Å². The maximum Gasteiger partial charge on any atom is 0.321 e. The van der Waals surface area contributed by atoms with Crippen molar-refractivity contribution in [3.05, 3.63) is 60.1 Å². The first kappa shape index (κ1) is 24.7. The maximum atomic E-state index is 12.7. The molecule has 7 nitrogen and oxygen atoms in total. The average Bonchev–Trinajstić information content (AvgIpc) is 3.31. The van der Waals surface area contributed by atoms with Crippen LogP contribution in [-0.2, 0) is 14.8 Å². The van der Waals surface area contributed by atoms with E-state index >= 15 is 0 Å². The Hall–Kier alpha value is -1.89. The lowest BCUT2D eigenvalue weighted by Gasteiger charge is -2.18. The summed E-state index contributed by atoms with van der Waals surface area (Å²) in [6.45, 7) is 0. The first-order valence-corrected chi connectivity index (χ1v) is 14.1. The third-order valence-electron chi connectivity index (χ3n) is 4.50. The summed E-state index contributed by atoms with van der Waals surface area (Å²) in [5.74, 6) is -1.14. The molecule has 0 saturated heterocycles. The highest BCUT2D eigenvalue weighted by Crippen LogP contribution is 2.25. The summed E-state index contributed by atoms with van der Waals surface area (Å²) < 4.78 is 28.4. The van der Waals surface area contributed by atoms with E-state index in [1.165, 1.54) is 35.2 Å². The topological polar surface area (TPSA) is 117 Å². The molecule has 0 aliphatic carbocycles. The summed E-state index contributed by atoms with van der Waals surface area (Å²) >= 11 is 4.34. The van der Waals surface area contributed by atoms with Crippen LogP contribution in [0, 0.1) is 0 Å². The number of carboxylic acids is 1. The number of benzene rings is 2. The molecule has 0 saturated carbocycles. The number of aliphatic hydroxyl groups excluding tert-OH is 1. The number of carbonyl (C=O) groups is 1. The highest BCUT2D eigenvalue weighted by molar-refractivity contribution is 8.01. The Morgan fingerprint density at radius 3 is 2.28 bits per heavy atom. The molecular weight excluding hydrogens is 489 g/mol. The monoisotopic (exact) mass is 510 g/mol. The van der Waals surface area contributed by atoms with E-state index in [2.05, 4.69) is 9.71 Å². The summed E-state index contributed by atoms with van der Waals surface area (Å²) in [5, 5.41) is 21.5. The van der Waals surface area contributed by atoms with Crippen molar-refractivity contribution in [3.63, 3.8) is 0 Å².